The summed E-state index contributed by atoms with van der Waals surface area (Å²) < 4.78 is 5.24. The van der Waals surface area contributed by atoms with Gasteiger partial charge in [0.2, 0.25) is 0 Å². The first kappa shape index (κ1) is 17.8. The van der Waals surface area contributed by atoms with Crippen LogP contribution >= 0.6 is 0 Å². The van der Waals surface area contributed by atoms with Crippen LogP contribution in [0.25, 0.3) is 0 Å². The number of carboxylic acid groups (broad SMARTS) is 1. The van der Waals surface area contributed by atoms with Crippen LogP contribution in [-0.2, 0) is 4.79 Å². The fourth-order valence-corrected chi connectivity index (χ4v) is 3.95. The van der Waals surface area contributed by atoms with E-state index in [0.717, 1.165) is 12.8 Å². The largest absolute Gasteiger partial charge is 0.481 e. The number of amides is 2. The molecule has 1 aliphatic carbocycles. The molecule has 2 fully saturated rings. The zero-order valence-electron chi connectivity index (χ0n) is 14.3. The molecule has 3 rings (SSSR count). The van der Waals surface area contributed by atoms with Crippen LogP contribution in [-0.4, -0.2) is 45.7 Å². The highest BCUT2D eigenvalue weighted by molar-refractivity contribution is 5.75. The molecule has 3 N–H and O–H groups in total. The SMILES string of the molecule is O=C(O)C1CCC(NC(=O)N2CCCC2CC(O)c2ccco2)CC1. The smallest absolute Gasteiger partial charge is 0.317 e. The average Bonchev–Trinajstić information content (AvgIpc) is 3.27. The number of nitrogens with one attached hydrogen (secondary N) is 1. The third-order valence-corrected chi connectivity index (χ3v) is 5.41. The molecule has 1 aromatic heterocycles. The van der Waals surface area contributed by atoms with Gasteiger partial charge in [0.25, 0.3) is 0 Å². The molecular formula is C18H26N2O5. The van der Waals surface area contributed by atoms with Crippen molar-refractivity contribution in [2.75, 3.05) is 6.54 Å². The first-order chi connectivity index (χ1) is 12.0. The predicted molar refractivity (Wildman–Crippen MR) is 89.9 cm³/mol. The lowest BCUT2D eigenvalue weighted by Gasteiger charge is -2.31. The number of aliphatic carboxylic acids is 1. The summed E-state index contributed by atoms with van der Waals surface area (Å²) in [6, 6.07) is 3.42. The molecule has 2 unspecified atom stereocenters. The molecule has 7 nitrogen and oxygen atoms in total. The van der Waals surface area contributed by atoms with Crippen molar-refractivity contribution >= 4 is 12.0 Å². The Labute approximate surface area is 147 Å². The normalized spacial score (nSPS) is 27.9. The Morgan fingerprint density at radius 3 is 2.68 bits per heavy atom. The third-order valence-electron chi connectivity index (χ3n) is 5.41. The molecule has 1 aliphatic heterocycles. The van der Waals surface area contributed by atoms with Crippen molar-refractivity contribution < 1.29 is 24.2 Å². The molecule has 2 aliphatic rings. The molecular weight excluding hydrogens is 324 g/mol. The van der Waals surface area contributed by atoms with E-state index in [9.17, 15) is 14.7 Å². The van der Waals surface area contributed by atoms with E-state index < -0.39 is 12.1 Å². The fourth-order valence-electron chi connectivity index (χ4n) is 3.95. The Hall–Kier alpha value is -2.02. The van der Waals surface area contributed by atoms with E-state index in [0.29, 0.717) is 44.4 Å². The van der Waals surface area contributed by atoms with Crippen LogP contribution < -0.4 is 5.32 Å². The number of carbonyl (C=O) groups excluding carboxylic acids is 1. The van der Waals surface area contributed by atoms with Gasteiger partial charge in [-0.3, -0.25) is 4.79 Å². The number of carboxylic acids is 1. The van der Waals surface area contributed by atoms with E-state index >= 15 is 0 Å². The van der Waals surface area contributed by atoms with Gasteiger partial charge >= 0.3 is 12.0 Å². The maximum atomic E-state index is 12.6. The number of hydrogen-bond donors (Lipinski definition) is 3. The van der Waals surface area contributed by atoms with Gasteiger partial charge in [0, 0.05) is 25.0 Å². The Balaban J connectivity index is 1.50. The Bertz CT molecular complexity index is 580. The lowest BCUT2D eigenvalue weighted by atomic mass is 9.86. The average molecular weight is 350 g/mol. The molecule has 0 aromatic carbocycles. The molecule has 1 saturated heterocycles. The monoisotopic (exact) mass is 350 g/mol. The second-order valence-electron chi connectivity index (χ2n) is 7.09. The van der Waals surface area contributed by atoms with Gasteiger partial charge in [-0.1, -0.05) is 0 Å². The van der Waals surface area contributed by atoms with Crippen molar-refractivity contribution in [2.24, 2.45) is 5.92 Å². The van der Waals surface area contributed by atoms with Gasteiger partial charge in [0.15, 0.2) is 0 Å². The summed E-state index contributed by atoms with van der Waals surface area (Å²) in [4.78, 5) is 25.4. The predicted octanol–water partition coefficient (Wildman–Crippen LogP) is 2.52. The van der Waals surface area contributed by atoms with Crippen LogP contribution in [0.4, 0.5) is 4.79 Å². The molecule has 2 heterocycles. The molecule has 7 heteroatoms. The second kappa shape index (κ2) is 7.91. The summed E-state index contributed by atoms with van der Waals surface area (Å²) >= 11 is 0. The Morgan fingerprint density at radius 1 is 1.28 bits per heavy atom. The molecule has 138 valence electrons. The number of rotatable bonds is 5. The fraction of sp³-hybridized carbons (Fsp3) is 0.667. The van der Waals surface area contributed by atoms with Crippen molar-refractivity contribution in [3.63, 3.8) is 0 Å². The zero-order valence-corrected chi connectivity index (χ0v) is 14.3. The minimum atomic E-state index is -0.740. The molecule has 1 saturated carbocycles. The number of hydrogen-bond acceptors (Lipinski definition) is 4. The van der Waals surface area contributed by atoms with E-state index in [2.05, 4.69) is 5.32 Å². The van der Waals surface area contributed by atoms with Gasteiger partial charge in [-0.05, 0) is 50.7 Å². The number of aliphatic hydroxyl groups excluding tert-OH is 1. The van der Waals surface area contributed by atoms with Crippen molar-refractivity contribution in [3.8, 4) is 0 Å². The summed E-state index contributed by atoms with van der Waals surface area (Å²) in [5.41, 5.74) is 0. The highest BCUT2D eigenvalue weighted by Crippen LogP contribution is 2.29. The number of carbonyl (C=O) groups is 2. The van der Waals surface area contributed by atoms with Crippen LogP contribution in [0, 0.1) is 5.92 Å². The summed E-state index contributed by atoms with van der Waals surface area (Å²) in [5, 5.41) is 22.4. The topological polar surface area (TPSA) is 103 Å². The van der Waals surface area contributed by atoms with Crippen LogP contribution in [0.15, 0.2) is 22.8 Å². The van der Waals surface area contributed by atoms with Gasteiger partial charge in [-0.25, -0.2) is 4.79 Å². The molecule has 2 atom stereocenters. The lowest BCUT2D eigenvalue weighted by Crippen LogP contribution is -2.48. The minimum absolute atomic E-state index is 0.00420. The van der Waals surface area contributed by atoms with Crippen LogP contribution in [0.1, 0.15) is 56.8 Å². The van der Waals surface area contributed by atoms with Crippen LogP contribution in [0.5, 0.6) is 0 Å². The molecule has 0 radical (unpaired) electrons. The summed E-state index contributed by atoms with van der Waals surface area (Å²) in [5.74, 6) is -0.494. The summed E-state index contributed by atoms with van der Waals surface area (Å²) in [6.07, 6.45) is 5.72. The van der Waals surface area contributed by atoms with Crippen molar-refractivity contribution in [1.82, 2.24) is 10.2 Å². The first-order valence-electron chi connectivity index (χ1n) is 9.06. The van der Waals surface area contributed by atoms with E-state index in [-0.39, 0.29) is 24.0 Å². The highest BCUT2D eigenvalue weighted by atomic mass is 16.4. The second-order valence-corrected chi connectivity index (χ2v) is 7.09. The van der Waals surface area contributed by atoms with Gasteiger partial charge in [-0.15, -0.1) is 0 Å². The van der Waals surface area contributed by atoms with Gasteiger partial charge in [-0.2, -0.15) is 0 Å². The van der Waals surface area contributed by atoms with E-state index in [4.69, 9.17) is 9.52 Å². The molecule has 0 spiro atoms. The number of nitrogens with zero attached hydrogens (tertiary/aromatic N) is 1. The quantitative estimate of drug-likeness (QED) is 0.757. The molecule has 2 amide bonds. The highest BCUT2D eigenvalue weighted by Gasteiger charge is 2.33. The minimum Gasteiger partial charge on any atom is -0.481 e. The maximum Gasteiger partial charge on any atom is 0.317 e. The van der Waals surface area contributed by atoms with Crippen LogP contribution in [0.3, 0.4) is 0 Å². The van der Waals surface area contributed by atoms with E-state index in [1.54, 1.807) is 17.0 Å². The molecule has 25 heavy (non-hydrogen) atoms. The van der Waals surface area contributed by atoms with Gasteiger partial charge in [0.1, 0.15) is 11.9 Å². The molecule has 1 aromatic rings. The molecule has 0 bridgehead atoms. The number of furan rings is 1. The van der Waals surface area contributed by atoms with Gasteiger partial charge < -0.3 is 24.8 Å². The zero-order chi connectivity index (χ0) is 17.8. The van der Waals surface area contributed by atoms with E-state index in [1.807, 2.05) is 0 Å². The Kier molecular flexibility index (Phi) is 5.63. The number of urea groups is 1. The summed E-state index contributed by atoms with van der Waals surface area (Å²) in [6.45, 7) is 0.686. The van der Waals surface area contributed by atoms with Crippen LogP contribution in [0.2, 0.25) is 0 Å². The van der Waals surface area contributed by atoms with Gasteiger partial charge in [0.05, 0.1) is 12.2 Å². The number of aliphatic hydroxyl groups is 1. The Morgan fingerprint density at radius 2 is 2.04 bits per heavy atom. The maximum absolute atomic E-state index is 12.6. The standard InChI is InChI=1S/C18H26N2O5/c21-15(16-4-2-10-25-16)11-14-3-1-9-20(14)18(24)19-13-7-5-12(6-8-13)17(22)23/h2,4,10,12-15,21H,1,3,5-9,11H2,(H,19,24)(H,22,23). The van der Waals surface area contributed by atoms with Crippen molar-refractivity contribution in [3.05, 3.63) is 24.2 Å². The number of likely N-dealkylation sites (tertiary alicyclic amines) is 1. The van der Waals surface area contributed by atoms with Crippen molar-refractivity contribution in [2.45, 2.75) is 63.1 Å². The lowest BCUT2D eigenvalue weighted by molar-refractivity contribution is -0.142. The van der Waals surface area contributed by atoms with E-state index in [1.165, 1.54) is 6.26 Å². The third kappa shape index (κ3) is 4.34. The first-order valence-corrected chi connectivity index (χ1v) is 9.06. The summed E-state index contributed by atoms with van der Waals surface area (Å²) in [7, 11) is 0. The van der Waals surface area contributed by atoms with Crippen molar-refractivity contribution in [1.29, 1.82) is 0 Å².